The minimum absolute atomic E-state index is 0.255. The van der Waals surface area contributed by atoms with Crippen LogP contribution in [0.1, 0.15) is 39.2 Å². The Balaban J connectivity index is 1.96. The molecule has 1 heterocycles. The van der Waals surface area contributed by atoms with Crippen molar-refractivity contribution in [1.82, 2.24) is 15.5 Å². The van der Waals surface area contributed by atoms with E-state index in [-0.39, 0.29) is 5.92 Å². The van der Waals surface area contributed by atoms with Gasteiger partial charge in [-0.05, 0) is 37.7 Å². The Kier molecular flexibility index (Phi) is 8.56. The van der Waals surface area contributed by atoms with Gasteiger partial charge in [0.25, 0.3) is 0 Å². The number of carboxylic acid groups (broad SMARTS) is 1. The van der Waals surface area contributed by atoms with Crippen LogP contribution in [0.15, 0.2) is 30.3 Å². The number of nitrogens with two attached hydrogens (primary N) is 1. The predicted molar refractivity (Wildman–Crippen MR) is 115 cm³/mol. The first-order valence-corrected chi connectivity index (χ1v) is 10.5. The van der Waals surface area contributed by atoms with E-state index in [1.807, 2.05) is 30.3 Å². The van der Waals surface area contributed by atoms with Gasteiger partial charge in [0.05, 0.1) is 6.04 Å². The minimum Gasteiger partial charge on any atom is -0.480 e. The Labute approximate surface area is 182 Å². The molecule has 170 valence electrons. The van der Waals surface area contributed by atoms with Crippen LogP contribution >= 0.6 is 0 Å². The molecule has 0 radical (unpaired) electrons. The number of carbonyl (C=O) groups is 4. The molecule has 1 aliphatic rings. The van der Waals surface area contributed by atoms with Crippen molar-refractivity contribution in [2.45, 2.75) is 64.2 Å². The second-order valence-corrected chi connectivity index (χ2v) is 8.28. The molecular weight excluding hydrogens is 400 g/mol. The number of hydrogen-bond acceptors (Lipinski definition) is 5. The predicted octanol–water partition coefficient (Wildman–Crippen LogP) is 0.278. The van der Waals surface area contributed by atoms with E-state index in [0.29, 0.717) is 25.8 Å². The van der Waals surface area contributed by atoms with Gasteiger partial charge < -0.3 is 26.4 Å². The quantitative estimate of drug-likeness (QED) is 0.441. The van der Waals surface area contributed by atoms with Gasteiger partial charge in [0.2, 0.25) is 17.7 Å². The summed E-state index contributed by atoms with van der Waals surface area (Å²) in [5, 5.41) is 14.6. The van der Waals surface area contributed by atoms with Crippen LogP contribution < -0.4 is 16.4 Å². The highest BCUT2D eigenvalue weighted by atomic mass is 16.4. The van der Waals surface area contributed by atoms with Gasteiger partial charge in [0.15, 0.2) is 0 Å². The summed E-state index contributed by atoms with van der Waals surface area (Å²) in [7, 11) is 0. The SMILES string of the molecule is CC(NC(=O)C(N)Cc1ccccc1)C(=O)NC(C(=O)N1CCCC1C(=O)O)C(C)C. The van der Waals surface area contributed by atoms with Gasteiger partial charge in [-0.25, -0.2) is 4.79 Å². The molecule has 31 heavy (non-hydrogen) atoms. The molecule has 4 atom stereocenters. The molecule has 0 aromatic heterocycles. The van der Waals surface area contributed by atoms with Gasteiger partial charge in [-0.1, -0.05) is 44.2 Å². The van der Waals surface area contributed by atoms with Crippen LogP contribution in [0, 0.1) is 5.92 Å². The third kappa shape index (κ3) is 6.52. The number of likely N-dealkylation sites (tertiary alicyclic amines) is 1. The molecule has 9 heteroatoms. The zero-order chi connectivity index (χ0) is 23.1. The molecule has 0 aliphatic carbocycles. The van der Waals surface area contributed by atoms with Crippen LogP contribution in [0.4, 0.5) is 0 Å². The van der Waals surface area contributed by atoms with E-state index in [0.717, 1.165) is 5.56 Å². The summed E-state index contributed by atoms with van der Waals surface area (Å²) >= 11 is 0. The fourth-order valence-electron chi connectivity index (χ4n) is 3.60. The number of carbonyl (C=O) groups excluding carboxylic acids is 3. The van der Waals surface area contributed by atoms with Crippen LogP contribution in [0.2, 0.25) is 0 Å². The average Bonchev–Trinajstić information content (AvgIpc) is 3.22. The lowest BCUT2D eigenvalue weighted by Gasteiger charge is -2.30. The number of amides is 3. The highest BCUT2D eigenvalue weighted by Gasteiger charge is 2.39. The summed E-state index contributed by atoms with van der Waals surface area (Å²) in [5.74, 6) is -2.72. The zero-order valence-corrected chi connectivity index (χ0v) is 18.2. The molecule has 2 rings (SSSR count). The van der Waals surface area contributed by atoms with E-state index in [1.54, 1.807) is 13.8 Å². The maximum atomic E-state index is 12.9. The summed E-state index contributed by atoms with van der Waals surface area (Å²) in [5.41, 5.74) is 6.87. The van der Waals surface area contributed by atoms with Crippen molar-refractivity contribution in [2.75, 3.05) is 6.54 Å². The largest absolute Gasteiger partial charge is 0.480 e. The Hall–Kier alpha value is -2.94. The van der Waals surface area contributed by atoms with Gasteiger partial charge in [0.1, 0.15) is 18.1 Å². The molecule has 1 aliphatic heterocycles. The van der Waals surface area contributed by atoms with Gasteiger partial charge in [0, 0.05) is 6.54 Å². The number of nitrogens with one attached hydrogen (secondary N) is 2. The number of benzene rings is 1. The summed E-state index contributed by atoms with van der Waals surface area (Å²) in [6, 6.07) is 5.83. The average molecular weight is 433 g/mol. The molecule has 9 nitrogen and oxygen atoms in total. The summed E-state index contributed by atoms with van der Waals surface area (Å²) in [6.07, 6.45) is 1.33. The van der Waals surface area contributed by atoms with Crippen LogP contribution in [0.5, 0.6) is 0 Å². The van der Waals surface area contributed by atoms with Crippen LogP contribution in [0.25, 0.3) is 0 Å². The van der Waals surface area contributed by atoms with Crippen molar-refractivity contribution < 1.29 is 24.3 Å². The van der Waals surface area contributed by atoms with E-state index in [2.05, 4.69) is 10.6 Å². The van der Waals surface area contributed by atoms with Crippen molar-refractivity contribution in [3.8, 4) is 0 Å². The monoisotopic (exact) mass is 432 g/mol. The number of carboxylic acids is 1. The second kappa shape index (κ2) is 10.9. The molecule has 1 aromatic rings. The fraction of sp³-hybridized carbons (Fsp3) is 0.545. The van der Waals surface area contributed by atoms with Gasteiger partial charge >= 0.3 is 5.97 Å². The Morgan fingerprint density at radius 3 is 2.32 bits per heavy atom. The topological polar surface area (TPSA) is 142 Å². The zero-order valence-electron chi connectivity index (χ0n) is 18.2. The standard InChI is InChI=1S/C22H32N4O5/c1-13(2)18(21(29)26-11-7-10-17(26)22(30)31)25-19(27)14(3)24-20(28)16(23)12-15-8-5-4-6-9-15/h4-6,8-9,13-14,16-18H,7,10-12,23H2,1-3H3,(H,24,28)(H,25,27)(H,30,31). The first-order valence-electron chi connectivity index (χ1n) is 10.5. The summed E-state index contributed by atoms with van der Waals surface area (Å²) in [4.78, 5) is 50.7. The normalized spacial score (nSPS) is 18.9. The first kappa shape index (κ1) is 24.3. The molecule has 0 saturated carbocycles. The number of hydrogen-bond donors (Lipinski definition) is 4. The number of aliphatic carboxylic acids is 1. The number of nitrogens with zero attached hydrogens (tertiary/aromatic N) is 1. The fourth-order valence-corrected chi connectivity index (χ4v) is 3.60. The number of rotatable bonds is 9. The summed E-state index contributed by atoms with van der Waals surface area (Å²) < 4.78 is 0. The van der Waals surface area contributed by atoms with Gasteiger partial charge in [-0.2, -0.15) is 0 Å². The van der Waals surface area contributed by atoms with E-state index in [9.17, 15) is 24.3 Å². The minimum atomic E-state index is -1.05. The van der Waals surface area contributed by atoms with Crippen molar-refractivity contribution >= 4 is 23.7 Å². The molecule has 0 spiro atoms. The van der Waals surface area contributed by atoms with E-state index < -0.39 is 47.9 Å². The molecule has 1 aromatic carbocycles. The van der Waals surface area contributed by atoms with E-state index in [4.69, 9.17) is 5.73 Å². The highest BCUT2D eigenvalue weighted by Crippen LogP contribution is 2.20. The van der Waals surface area contributed by atoms with Crippen molar-refractivity contribution in [3.63, 3.8) is 0 Å². The second-order valence-electron chi connectivity index (χ2n) is 8.28. The third-order valence-electron chi connectivity index (χ3n) is 5.44. The van der Waals surface area contributed by atoms with Crippen LogP contribution in [-0.4, -0.2) is 64.4 Å². The van der Waals surface area contributed by atoms with E-state index >= 15 is 0 Å². The first-order chi connectivity index (χ1) is 14.6. The molecule has 0 bridgehead atoms. The molecule has 3 amide bonds. The Bertz CT molecular complexity index is 798. The van der Waals surface area contributed by atoms with Gasteiger partial charge in [-0.3, -0.25) is 14.4 Å². The van der Waals surface area contributed by atoms with Crippen molar-refractivity contribution in [1.29, 1.82) is 0 Å². The van der Waals surface area contributed by atoms with Crippen molar-refractivity contribution in [3.05, 3.63) is 35.9 Å². The molecule has 1 saturated heterocycles. The lowest BCUT2D eigenvalue weighted by atomic mass is 10.0. The molecule has 1 fully saturated rings. The maximum absolute atomic E-state index is 12.9. The lowest BCUT2D eigenvalue weighted by molar-refractivity contribution is -0.150. The Morgan fingerprint density at radius 2 is 1.74 bits per heavy atom. The van der Waals surface area contributed by atoms with Gasteiger partial charge in [-0.15, -0.1) is 0 Å². The molecular formula is C22H32N4O5. The van der Waals surface area contributed by atoms with Crippen LogP contribution in [-0.2, 0) is 25.6 Å². The molecule has 4 unspecified atom stereocenters. The third-order valence-corrected chi connectivity index (χ3v) is 5.44. The Morgan fingerprint density at radius 1 is 1.10 bits per heavy atom. The van der Waals surface area contributed by atoms with E-state index in [1.165, 1.54) is 11.8 Å². The maximum Gasteiger partial charge on any atom is 0.326 e. The highest BCUT2D eigenvalue weighted by molar-refractivity contribution is 5.94. The molecule has 5 N–H and O–H groups in total. The van der Waals surface area contributed by atoms with Crippen LogP contribution in [0.3, 0.4) is 0 Å². The lowest BCUT2D eigenvalue weighted by Crippen LogP contribution is -2.58. The smallest absolute Gasteiger partial charge is 0.326 e. The summed E-state index contributed by atoms with van der Waals surface area (Å²) in [6.45, 7) is 5.40. The van der Waals surface area contributed by atoms with Crippen molar-refractivity contribution in [2.24, 2.45) is 11.7 Å².